The van der Waals surface area contributed by atoms with Crippen molar-refractivity contribution in [2.75, 3.05) is 0 Å². The first kappa shape index (κ1) is 13.9. The van der Waals surface area contributed by atoms with Crippen molar-refractivity contribution in [3.05, 3.63) is 0 Å². The largest absolute Gasteiger partial charge is 0.413 e. The molecule has 2 atom stereocenters. The van der Waals surface area contributed by atoms with Crippen LogP contribution in [0.1, 0.15) is 46.5 Å². The van der Waals surface area contributed by atoms with E-state index in [4.69, 9.17) is 4.43 Å². The van der Waals surface area contributed by atoms with E-state index in [0.717, 1.165) is 19.1 Å². The van der Waals surface area contributed by atoms with Gasteiger partial charge < -0.3 is 9.22 Å². The number of hydrogen-bond donors (Lipinski definition) is 0. The van der Waals surface area contributed by atoms with Crippen molar-refractivity contribution in [3.8, 4) is 0 Å². The highest BCUT2D eigenvalue weighted by molar-refractivity contribution is 6.74. The van der Waals surface area contributed by atoms with Crippen molar-refractivity contribution in [3.63, 3.8) is 0 Å². The van der Waals surface area contributed by atoms with Crippen molar-refractivity contribution in [2.24, 2.45) is 5.92 Å². The quantitative estimate of drug-likeness (QED) is 0.556. The van der Waals surface area contributed by atoms with E-state index < -0.39 is 8.32 Å². The van der Waals surface area contributed by atoms with E-state index in [-0.39, 0.29) is 17.1 Å². The number of rotatable bonds is 3. The highest BCUT2D eigenvalue weighted by atomic mass is 28.4. The Hall–Kier alpha value is -0.153. The molecule has 16 heavy (non-hydrogen) atoms. The first-order chi connectivity index (χ1) is 7.28. The number of hydrogen-bond acceptors (Lipinski definition) is 2. The maximum atomic E-state index is 11.0. The minimum Gasteiger partial charge on any atom is -0.413 e. The average Bonchev–Trinajstić information content (AvgIpc) is 2.16. The van der Waals surface area contributed by atoms with Crippen molar-refractivity contribution < 1.29 is 9.22 Å². The van der Waals surface area contributed by atoms with Crippen LogP contribution in [0.2, 0.25) is 18.1 Å². The molecule has 0 aliphatic heterocycles. The van der Waals surface area contributed by atoms with Crippen molar-refractivity contribution in [1.82, 2.24) is 0 Å². The fraction of sp³-hybridized carbons (Fsp3) is 0.923. The van der Waals surface area contributed by atoms with Crippen LogP contribution in [0.15, 0.2) is 0 Å². The minimum atomic E-state index is -1.71. The first-order valence-corrected chi connectivity index (χ1v) is 9.32. The molecule has 2 nitrogen and oxygen atoms in total. The summed E-state index contributed by atoms with van der Waals surface area (Å²) in [5.74, 6) is 0.142. The monoisotopic (exact) mass is 242 g/mol. The van der Waals surface area contributed by atoms with Crippen LogP contribution in [0, 0.1) is 5.92 Å². The molecule has 1 aliphatic rings. The zero-order valence-electron chi connectivity index (χ0n) is 11.4. The molecule has 0 N–H and O–H groups in total. The zero-order valence-corrected chi connectivity index (χ0v) is 12.4. The van der Waals surface area contributed by atoms with Crippen LogP contribution < -0.4 is 0 Å². The van der Waals surface area contributed by atoms with Gasteiger partial charge in [0.25, 0.3) is 0 Å². The van der Waals surface area contributed by atoms with E-state index in [0.29, 0.717) is 0 Å². The molecule has 3 heteroatoms. The van der Waals surface area contributed by atoms with E-state index in [9.17, 15) is 4.79 Å². The Labute approximate surface area is 101 Å². The van der Waals surface area contributed by atoms with E-state index in [1.807, 2.05) is 0 Å². The summed E-state index contributed by atoms with van der Waals surface area (Å²) in [5.41, 5.74) is 0. The van der Waals surface area contributed by atoms with E-state index >= 15 is 0 Å². The normalized spacial score (nSPS) is 27.8. The summed E-state index contributed by atoms with van der Waals surface area (Å²) < 4.78 is 6.35. The van der Waals surface area contributed by atoms with Crippen LogP contribution in [0.3, 0.4) is 0 Å². The lowest BCUT2D eigenvalue weighted by molar-refractivity contribution is -0.115. The van der Waals surface area contributed by atoms with Crippen LogP contribution in [0.4, 0.5) is 0 Å². The van der Waals surface area contributed by atoms with Gasteiger partial charge in [0.1, 0.15) is 6.29 Å². The predicted molar refractivity (Wildman–Crippen MR) is 70.1 cm³/mol. The van der Waals surface area contributed by atoms with Crippen LogP contribution in [-0.4, -0.2) is 20.7 Å². The summed E-state index contributed by atoms with van der Waals surface area (Å²) in [6.45, 7) is 11.3. The lowest BCUT2D eigenvalue weighted by Crippen LogP contribution is -2.46. The third-order valence-corrected chi connectivity index (χ3v) is 8.69. The first-order valence-electron chi connectivity index (χ1n) is 6.41. The molecule has 0 heterocycles. The molecule has 1 fully saturated rings. The highest BCUT2D eigenvalue weighted by Gasteiger charge is 2.41. The minimum absolute atomic E-state index is 0.142. The summed E-state index contributed by atoms with van der Waals surface area (Å²) in [4.78, 5) is 11.0. The van der Waals surface area contributed by atoms with E-state index in [1.165, 1.54) is 12.8 Å². The molecule has 0 spiro atoms. The Kier molecular flexibility index (Phi) is 4.35. The van der Waals surface area contributed by atoms with Crippen molar-refractivity contribution in [2.45, 2.75) is 70.7 Å². The Morgan fingerprint density at radius 1 is 1.19 bits per heavy atom. The maximum absolute atomic E-state index is 11.0. The van der Waals surface area contributed by atoms with Gasteiger partial charge in [-0.3, -0.25) is 0 Å². The van der Waals surface area contributed by atoms with Gasteiger partial charge in [-0.15, -0.1) is 0 Å². The van der Waals surface area contributed by atoms with Crippen molar-refractivity contribution in [1.29, 1.82) is 0 Å². The fourth-order valence-electron chi connectivity index (χ4n) is 1.98. The second kappa shape index (κ2) is 5.01. The Bertz CT molecular complexity index is 243. The molecule has 0 aromatic rings. The summed E-state index contributed by atoms with van der Waals surface area (Å²) in [6, 6.07) is 0. The summed E-state index contributed by atoms with van der Waals surface area (Å²) >= 11 is 0. The van der Waals surface area contributed by atoms with Gasteiger partial charge in [-0.05, 0) is 31.0 Å². The van der Waals surface area contributed by atoms with Gasteiger partial charge >= 0.3 is 0 Å². The van der Waals surface area contributed by atoms with Crippen molar-refractivity contribution >= 4 is 14.6 Å². The number of carbonyl (C=O) groups excluding carboxylic acids is 1. The lowest BCUT2D eigenvalue weighted by Gasteiger charge is -2.41. The molecule has 1 rings (SSSR count). The second-order valence-corrected chi connectivity index (χ2v) is 11.3. The molecule has 0 aromatic carbocycles. The number of aldehydes is 1. The zero-order chi connectivity index (χ0) is 12.4. The van der Waals surface area contributed by atoms with Gasteiger partial charge in [0.05, 0.1) is 6.10 Å². The van der Waals surface area contributed by atoms with Crippen LogP contribution >= 0.6 is 0 Å². The molecular weight excluding hydrogens is 216 g/mol. The molecule has 0 radical (unpaired) electrons. The molecule has 0 saturated heterocycles. The molecule has 94 valence electrons. The Morgan fingerprint density at radius 2 is 1.75 bits per heavy atom. The summed E-state index contributed by atoms with van der Waals surface area (Å²) in [6.07, 6.45) is 5.77. The SMILES string of the molecule is CC(C)(C)[Si](C)(C)O[C@@H]1CCCC[C@@H]1C=O. The summed E-state index contributed by atoms with van der Waals surface area (Å²) in [7, 11) is -1.71. The standard InChI is InChI=1S/C13H26O2Si/c1-13(2,3)16(4,5)15-12-9-7-6-8-11(12)10-14/h10-12H,6-9H2,1-5H3/t11-,12-/m1/s1. The third-order valence-electron chi connectivity index (χ3n) is 4.18. The van der Waals surface area contributed by atoms with Gasteiger partial charge in [0, 0.05) is 5.92 Å². The van der Waals surface area contributed by atoms with E-state index in [1.54, 1.807) is 0 Å². The van der Waals surface area contributed by atoms with Crippen LogP contribution in [0.5, 0.6) is 0 Å². The smallest absolute Gasteiger partial charge is 0.192 e. The topological polar surface area (TPSA) is 26.3 Å². The lowest BCUT2D eigenvalue weighted by atomic mass is 9.88. The van der Waals surface area contributed by atoms with Gasteiger partial charge in [-0.1, -0.05) is 33.6 Å². The molecule has 0 amide bonds. The fourth-order valence-corrected chi connectivity index (χ4v) is 3.39. The molecule has 0 aromatic heterocycles. The Balaban J connectivity index is 2.67. The third kappa shape index (κ3) is 3.17. The van der Waals surface area contributed by atoms with E-state index in [2.05, 4.69) is 33.9 Å². The molecule has 0 unspecified atom stereocenters. The Morgan fingerprint density at radius 3 is 2.25 bits per heavy atom. The second-order valence-electron chi connectivity index (χ2n) is 6.50. The average molecular weight is 242 g/mol. The highest BCUT2D eigenvalue weighted by Crippen LogP contribution is 2.39. The predicted octanol–water partition coefficient (Wildman–Crippen LogP) is 3.77. The number of carbonyl (C=O) groups is 1. The summed E-state index contributed by atoms with van der Waals surface area (Å²) in [5, 5.41) is 0.234. The molecule has 1 saturated carbocycles. The molecule has 0 bridgehead atoms. The van der Waals surface area contributed by atoms with Gasteiger partial charge in [0.2, 0.25) is 0 Å². The van der Waals surface area contributed by atoms with Crippen LogP contribution in [-0.2, 0) is 9.22 Å². The van der Waals surface area contributed by atoms with Crippen LogP contribution in [0.25, 0.3) is 0 Å². The van der Waals surface area contributed by atoms with Gasteiger partial charge in [0.15, 0.2) is 8.32 Å². The molecule has 1 aliphatic carbocycles. The molecular formula is C13H26O2Si. The maximum Gasteiger partial charge on any atom is 0.192 e. The van der Waals surface area contributed by atoms with Gasteiger partial charge in [-0.25, -0.2) is 0 Å². The van der Waals surface area contributed by atoms with Gasteiger partial charge in [-0.2, -0.15) is 0 Å².